The summed E-state index contributed by atoms with van der Waals surface area (Å²) in [6, 6.07) is 7.19. The first-order valence-corrected chi connectivity index (χ1v) is 7.72. The molecule has 0 bridgehead atoms. The Morgan fingerprint density at radius 2 is 2.14 bits per heavy atom. The van der Waals surface area contributed by atoms with Gasteiger partial charge in [0.25, 0.3) is 0 Å². The maximum Gasteiger partial charge on any atom is 0.134 e. The third-order valence-corrected chi connectivity index (χ3v) is 4.34. The van der Waals surface area contributed by atoms with Gasteiger partial charge in [-0.2, -0.15) is 0 Å². The summed E-state index contributed by atoms with van der Waals surface area (Å²) in [4.78, 5) is 0.970. The zero-order valence-electron chi connectivity index (χ0n) is 11.6. The van der Waals surface area contributed by atoms with Crippen molar-refractivity contribution < 1.29 is 4.42 Å². The number of halogens is 1. The number of aromatic nitrogens is 2. The Balaban J connectivity index is 2.07. The number of nitrogens with one attached hydrogen (secondary N) is 1. The van der Waals surface area contributed by atoms with Crippen molar-refractivity contribution in [1.82, 2.24) is 15.0 Å². The van der Waals surface area contributed by atoms with Gasteiger partial charge >= 0.3 is 0 Å². The zero-order chi connectivity index (χ0) is 15.0. The number of hydrazine groups is 1. The zero-order valence-corrected chi connectivity index (χ0v) is 13.2. The monoisotopic (exact) mass is 322 g/mol. The lowest BCUT2D eigenvalue weighted by Crippen LogP contribution is -2.28. The van der Waals surface area contributed by atoms with Gasteiger partial charge in [0.15, 0.2) is 0 Å². The van der Waals surface area contributed by atoms with Crippen LogP contribution in [-0.2, 0) is 0 Å². The summed E-state index contributed by atoms with van der Waals surface area (Å²) in [7, 11) is 0. The quantitative estimate of drug-likeness (QED) is 0.566. The van der Waals surface area contributed by atoms with Crippen LogP contribution in [0.4, 0.5) is 0 Å². The highest BCUT2D eigenvalue weighted by Crippen LogP contribution is 2.33. The second-order valence-corrected chi connectivity index (χ2v) is 6.33. The molecule has 0 aliphatic heterocycles. The molecule has 0 spiro atoms. The number of fused-ring (bicyclic) bond motifs is 1. The van der Waals surface area contributed by atoms with E-state index in [9.17, 15) is 0 Å². The van der Waals surface area contributed by atoms with Crippen LogP contribution in [0.2, 0.25) is 5.02 Å². The second kappa shape index (κ2) is 5.73. The Bertz CT molecular complexity index is 767. The third kappa shape index (κ3) is 2.67. The number of nitrogens with two attached hydrogens (primary N) is 1. The molecule has 3 aromatic rings. The van der Waals surface area contributed by atoms with E-state index in [2.05, 4.69) is 28.9 Å². The lowest BCUT2D eigenvalue weighted by molar-refractivity contribution is 0.478. The van der Waals surface area contributed by atoms with E-state index in [1.54, 1.807) is 6.07 Å². The molecule has 0 fully saturated rings. The fourth-order valence-electron chi connectivity index (χ4n) is 2.27. The molecule has 0 radical (unpaired) electrons. The van der Waals surface area contributed by atoms with Crippen LogP contribution in [0.25, 0.3) is 11.0 Å². The third-order valence-electron chi connectivity index (χ3n) is 3.30. The molecule has 1 atom stereocenters. The minimum Gasteiger partial charge on any atom is -0.459 e. The molecule has 1 unspecified atom stereocenters. The largest absolute Gasteiger partial charge is 0.459 e. The molecule has 2 aromatic heterocycles. The van der Waals surface area contributed by atoms with E-state index in [0.29, 0.717) is 5.02 Å². The van der Waals surface area contributed by atoms with Crippen molar-refractivity contribution in [2.45, 2.75) is 25.8 Å². The summed E-state index contributed by atoms with van der Waals surface area (Å²) in [6.45, 7) is 4.15. The summed E-state index contributed by atoms with van der Waals surface area (Å²) >= 11 is 7.34. The van der Waals surface area contributed by atoms with E-state index in [4.69, 9.17) is 21.9 Å². The molecule has 0 aliphatic carbocycles. The molecule has 21 heavy (non-hydrogen) atoms. The molecular weight excluding hydrogens is 308 g/mol. The summed E-state index contributed by atoms with van der Waals surface area (Å²) < 4.78 is 9.92. The summed E-state index contributed by atoms with van der Waals surface area (Å²) in [6.07, 6.45) is 0. The Morgan fingerprint density at radius 1 is 1.33 bits per heavy atom. The molecule has 0 amide bonds. The predicted octanol–water partition coefficient (Wildman–Crippen LogP) is 3.61. The van der Waals surface area contributed by atoms with Gasteiger partial charge in [0.05, 0.1) is 10.6 Å². The predicted molar refractivity (Wildman–Crippen MR) is 84.4 cm³/mol. The molecule has 3 rings (SSSR count). The number of hydrogen-bond donors (Lipinski definition) is 2. The molecule has 1 aromatic carbocycles. The van der Waals surface area contributed by atoms with Crippen LogP contribution in [0.1, 0.15) is 42.1 Å². The molecule has 5 nitrogen and oxygen atoms in total. The SMILES string of the molecule is CC(C)c1nnsc1C(NN)c1cc2cc(Cl)ccc2o1. The number of benzene rings is 1. The van der Waals surface area contributed by atoms with Gasteiger partial charge in [-0.3, -0.25) is 5.84 Å². The minimum absolute atomic E-state index is 0.270. The summed E-state index contributed by atoms with van der Waals surface area (Å²) in [5, 5.41) is 5.81. The normalized spacial score (nSPS) is 13.2. The van der Waals surface area contributed by atoms with Gasteiger partial charge in [-0.05, 0) is 41.7 Å². The smallest absolute Gasteiger partial charge is 0.134 e. The number of rotatable bonds is 4. The van der Waals surface area contributed by atoms with Gasteiger partial charge < -0.3 is 4.42 Å². The second-order valence-electron chi connectivity index (χ2n) is 5.11. The number of furan rings is 1. The van der Waals surface area contributed by atoms with Crippen molar-refractivity contribution in [3.8, 4) is 0 Å². The van der Waals surface area contributed by atoms with Crippen LogP contribution in [0, 0.1) is 0 Å². The Kier molecular flexibility index (Phi) is 3.95. The van der Waals surface area contributed by atoms with Crippen LogP contribution in [0.3, 0.4) is 0 Å². The van der Waals surface area contributed by atoms with Crippen molar-refractivity contribution in [2.75, 3.05) is 0 Å². The van der Waals surface area contributed by atoms with Crippen molar-refractivity contribution >= 4 is 34.1 Å². The molecule has 3 N–H and O–H groups in total. The first kappa shape index (κ1) is 14.5. The average Bonchev–Trinajstić information content (AvgIpc) is 3.06. The Hall–Kier alpha value is -1.47. The van der Waals surface area contributed by atoms with Crippen molar-refractivity contribution in [3.05, 3.63) is 45.6 Å². The molecule has 2 heterocycles. The maximum absolute atomic E-state index is 6.01. The number of nitrogens with zero attached hydrogens (tertiary/aromatic N) is 2. The number of hydrogen-bond acceptors (Lipinski definition) is 6. The Labute approximate surface area is 131 Å². The molecule has 110 valence electrons. The fraction of sp³-hybridized carbons (Fsp3) is 0.286. The summed E-state index contributed by atoms with van der Waals surface area (Å²) in [5.74, 6) is 6.73. The molecule has 0 saturated heterocycles. The van der Waals surface area contributed by atoms with Gasteiger partial charge in [0.2, 0.25) is 0 Å². The minimum atomic E-state index is -0.270. The van der Waals surface area contributed by atoms with Gasteiger partial charge in [-0.25, -0.2) is 5.43 Å². The van der Waals surface area contributed by atoms with E-state index >= 15 is 0 Å². The maximum atomic E-state index is 6.01. The first-order chi connectivity index (χ1) is 10.1. The van der Waals surface area contributed by atoms with E-state index in [1.807, 2.05) is 18.2 Å². The highest BCUT2D eigenvalue weighted by Gasteiger charge is 2.24. The van der Waals surface area contributed by atoms with E-state index < -0.39 is 0 Å². The highest BCUT2D eigenvalue weighted by molar-refractivity contribution is 7.05. The molecule has 0 saturated carbocycles. The molecule has 0 aliphatic rings. The average molecular weight is 323 g/mol. The van der Waals surface area contributed by atoms with Crippen molar-refractivity contribution in [2.24, 2.45) is 5.84 Å². The van der Waals surface area contributed by atoms with Gasteiger partial charge in [-0.15, -0.1) is 5.10 Å². The van der Waals surface area contributed by atoms with Crippen LogP contribution in [0.5, 0.6) is 0 Å². The van der Waals surface area contributed by atoms with E-state index in [0.717, 1.165) is 27.3 Å². The first-order valence-electron chi connectivity index (χ1n) is 6.57. The van der Waals surface area contributed by atoms with E-state index in [-0.39, 0.29) is 12.0 Å². The standard InChI is InChI=1S/C14H15ClN4OS/c1-7(2)12-14(21-19-18-12)13(17-16)11-6-8-5-9(15)3-4-10(8)20-11/h3-7,13,17H,16H2,1-2H3. The topological polar surface area (TPSA) is 77.0 Å². The summed E-state index contributed by atoms with van der Waals surface area (Å²) in [5.41, 5.74) is 4.50. The van der Waals surface area contributed by atoms with Crippen LogP contribution in [0.15, 0.2) is 28.7 Å². The van der Waals surface area contributed by atoms with Gasteiger partial charge in [0, 0.05) is 10.4 Å². The van der Waals surface area contributed by atoms with Crippen LogP contribution < -0.4 is 11.3 Å². The van der Waals surface area contributed by atoms with Crippen LogP contribution in [-0.4, -0.2) is 9.59 Å². The van der Waals surface area contributed by atoms with Gasteiger partial charge in [0.1, 0.15) is 17.4 Å². The van der Waals surface area contributed by atoms with E-state index in [1.165, 1.54) is 11.5 Å². The van der Waals surface area contributed by atoms with Crippen molar-refractivity contribution in [3.63, 3.8) is 0 Å². The molecular formula is C14H15ClN4OS. The van der Waals surface area contributed by atoms with Crippen molar-refractivity contribution in [1.29, 1.82) is 0 Å². The lowest BCUT2D eigenvalue weighted by Gasteiger charge is -2.13. The Morgan fingerprint density at radius 3 is 2.86 bits per heavy atom. The van der Waals surface area contributed by atoms with Crippen LogP contribution >= 0.6 is 23.1 Å². The lowest BCUT2D eigenvalue weighted by atomic mass is 10.0. The van der Waals surface area contributed by atoms with Gasteiger partial charge in [-0.1, -0.05) is 29.9 Å². The fourth-order valence-corrected chi connectivity index (χ4v) is 3.33. The highest BCUT2D eigenvalue weighted by atomic mass is 35.5. The molecule has 7 heteroatoms.